The SMILES string of the molecule is Cc1cccc(S(=O)(=O)N2C[C@H](O)COC[C@@H]3O[C@H](CC(=O)NCc4ccncn4)CC[C@H]32)c1. The number of carbonyl (C=O) groups excluding carboxylic acids is 1. The molecule has 0 unspecified atom stereocenters. The van der Waals surface area contributed by atoms with E-state index in [2.05, 4.69) is 15.3 Å². The Morgan fingerprint density at radius 1 is 1.26 bits per heavy atom. The van der Waals surface area contributed by atoms with Gasteiger partial charge in [-0.2, -0.15) is 4.31 Å². The summed E-state index contributed by atoms with van der Waals surface area (Å²) >= 11 is 0. The van der Waals surface area contributed by atoms with Gasteiger partial charge in [-0.05, 0) is 43.5 Å². The third-order valence-corrected chi connectivity index (χ3v) is 7.94. The van der Waals surface area contributed by atoms with Crippen LogP contribution in [0.3, 0.4) is 0 Å². The van der Waals surface area contributed by atoms with Crippen LogP contribution in [0.4, 0.5) is 0 Å². The van der Waals surface area contributed by atoms with Gasteiger partial charge in [0.1, 0.15) is 6.33 Å². The second-order valence-corrected chi connectivity index (χ2v) is 10.6. The van der Waals surface area contributed by atoms with E-state index in [4.69, 9.17) is 9.47 Å². The maximum atomic E-state index is 13.5. The van der Waals surface area contributed by atoms with Gasteiger partial charge in [-0.15, -0.1) is 0 Å². The number of aromatic nitrogens is 2. The van der Waals surface area contributed by atoms with Gasteiger partial charge in [-0.25, -0.2) is 18.4 Å². The molecule has 0 radical (unpaired) electrons. The van der Waals surface area contributed by atoms with E-state index in [1.54, 1.807) is 30.5 Å². The number of amides is 1. The van der Waals surface area contributed by atoms with Gasteiger partial charge in [0, 0.05) is 12.7 Å². The fourth-order valence-corrected chi connectivity index (χ4v) is 6.19. The van der Waals surface area contributed by atoms with Crippen molar-refractivity contribution in [3.8, 4) is 0 Å². The van der Waals surface area contributed by atoms with E-state index in [9.17, 15) is 18.3 Å². The van der Waals surface area contributed by atoms with Crippen molar-refractivity contribution in [2.24, 2.45) is 0 Å². The van der Waals surface area contributed by atoms with Crippen LogP contribution in [0.5, 0.6) is 0 Å². The molecule has 3 heterocycles. The monoisotopic (exact) mass is 490 g/mol. The van der Waals surface area contributed by atoms with Crippen LogP contribution in [0.15, 0.2) is 47.8 Å². The standard InChI is InChI=1S/C23H30N4O6S/c1-16-3-2-4-20(9-16)34(30,31)27-12-18(28)13-32-14-22-21(27)6-5-19(33-22)10-23(29)25-11-17-7-8-24-15-26-17/h2-4,7-9,15,18-19,21-22,28H,5-6,10-14H2,1H3,(H,25,29)/t18-,19-,21+,22-/m0/s1. The molecule has 2 N–H and O–H groups in total. The minimum Gasteiger partial charge on any atom is -0.389 e. The molecule has 2 fully saturated rings. The molecule has 2 aliphatic heterocycles. The summed E-state index contributed by atoms with van der Waals surface area (Å²) in [5, 5.41) is 13.2. The van der Waals surface area contributed by atoms with Crippen LogP contribution in [-0.2, 0) is 30.8 Å². The molecule has 11 heteroatoms. The van der Waals surface area contributed by atoms with Gasteiger partial charge in [0.2, 0.25) is 15.9 Å². The Hall–Kier alpha value is -2.44. The number of carbonyl (C=O) groups is 1. The molecule has 2 aromatic rings. The number of aliphatic hydroxyl groups is 1. The molecule has 1 aromatic carbocycles. The first-order valence-electron chi connectivity index (χ1n) is 11.3. The van der Waals surface area contributed by atoms with Crippen LogP contribution in [-0.4, -0.2) is 77.8 Å². The average Bonchev–Trinajstić information content (AvgIpc) is 2.81. The quantitative estimate of drug-likeness (QED) is 0.608. The lowest BCUT2D eigenvalue weighted by Crippen LogP contribution is -2.57. The molecule has 184 valence electrons. The van der Waals surface area contributed by atoms with E-state index in [-0.39, 0.29) is 43.1 Å². The number of benzene rings is 1. The molecule has 2 saturated heterocycles. The summed E-state index contributed by atoms with van der Waals surface area (Å²) in [6, 6.07) is 7.96. The lowest BCUT2D eigenvalue weighted by Gasteiger charge is -2.43. The van der Waals surface area contributed by atoms with Crippen molar-refractivity contribution in [2.75, 3.05) is 19.8 Å². The summed E-state index contributed by atoms with van der Waals surface area (Å²) in [5.74, 6) is -0.173. The lowest BCUT2D eigenvalue weighted by atomic mass is 9.96. The second-order valence-electron chi connectivity index (χ2n) is 8.71. The Kier molecular flexibility index (Phi) is 7.89. The fourth-order valence-electron chi connectivity index (χ4n) is 4.37. The first-order chi connectivity index (χ1) is 16.3. The van der Waals surface area contributed by atoms with Crippen LogP contribution < -0.4 is 5.32 Å². The number of nitrogens with one attached hydrogen (secondary N) is 1. The van der Waals surface area contributed by atoms with Crippen LogP contribution in [0.2, 0.25) is 0 Å². The Bertz CT molecular complexity index is 1080. The van der Waals surface area contributed by atoms with Crippen molar-refractivity contribution in [2.45, 2.75) is 62.0 Å². The van der Waals surface area contributed by atoms with E-state index < -0.39 is 28.3 Å². The molecule has 0 saturated carbocycles. The summed E-state index contributed by atoms with van der Waals surface area (Å²) in [5.41, 5.74) is 1.54. The molecule has 0 bridgehead atoms. The number of ether oxygens (including phenoxy) is 2. The first kappa shape index (κ1) is 24.7. The van der Waals surface area contributed by atoms with Gasteiger partial charge < -0.3 is 19.9 Å². The molecule has 4 atom stereocenters. The zero-order chi connectivity index (χ0) is 24.1. The Morgan fingerprint density at radius 2 is 2.12 bits per heavy atom. The Morgan fingerprint density at radius 3 is 2.88 bits per heavy atom. The van der Waals surface area contributed by atoms with Crippen molar-refractivity contribution < 1.29 is 27.8 Å². The number of fused-ring (bicyclic) bond motifs is 1. The molecule has 1 aromatic heterocycles. The number of aryl methyl sites for hydroxylation is 1. The number of hydrogen-bond acceptors (Lipinski definition) is 8. The van der Waals surface area contributed by atoms with Crippen molar-refractivity contribution >= 4 is 15.9 Å². The second kappa shape index (κ2) is 10.9. The van der Waals surface area contributed by atoms with Gasteiger partial charge in [-0.1, -0.05) is 12.1 Å². The third kappa shape index (κ3) is 5.97. The molecule has 0 aliphatic carbocycles. The van der Waals surface area contributed by atoms with Crippen LogP contribution >= 0.6 is 0 Å². The van der Waals surface area contributed by atoms with Gasteiger partial charge in [0.05, 0.1) is 61.1 Å². The van der Waals surface area contributed by atoms with Crippen LogP contribution in [0, 0.1) is 6.92 Å². The largest absolute Gasteiger partial charge is 0.389 e. The minimum absolute atomic E-state index is 0.0104. The lowest BCUT2D eigenvalue weighted by molar-refractivity contribution is -0.146. The van der Waals surface area contributed by atoms with Crippen molar-refractivity contribution in [1.82, 2.24) is 19.6 Å². The van der Waals surface area contributed by atoms with E-state index in [0.717, 1.165) is 5.56 Å². The van der Waals surface area contributed by atoms with Crippen LogP contribution in [0.25, 0.3) is 0 Å². The number of nitrogens with zero attached hydrogens (tertiary/aromatic N) is 3. The summed E-state index contributed by atoms with van der Waals surface area (Å²) in [6.45, 7) is 2.20. The van der Waals surface area contributed by atoms with E-state index in [0.29, 0.717) is 25.1 Å². The average molecular weight is 491 g/mol. The molecule has 2 aliphatic rings. The van der Waals surface area contributed by atoms with Crippen LogP contribution in [0.1, 0.15) is 30.5 Å². The summed E-state index contributed by atoms with van der Waals surface area (Å²) < 4.78 is 40.2. The number of sulfonamides is 1. The normalized spacial score (nSPS) is 26.2. The molecule has 1 amide bonds. The van der Waals surface area contributed by atoms with Crippen molar-refractivity contribution in [1.29, 1.82) is 0 Å². The molecule has 10 nitrogen and oxygen atoms in total. The predicted octanol–water partition coefficient (Wildman–Crippen LogP) is 0.790. The first-order valence-corrected chi connectivity index (χ1v) is 12.8. The highest BCUT2D eigenvalue weighted by Crippen LogP contribution is 2.31. The number of aliphatic hydroxyl groups excluding tert-OH is 1. The minimum atomic E-state index is -3.86. The van der Waals surface area contributed by atoms with Gasteiger partial charge in [-0.3, -0.25) is 4.79 Å². The highest BCUT2D eigenvalue weighted by molar-refractivity contribution is 7.89. The molecule has 0 spiro atoms. The van der Waals surface area contributed by atoms with Crippen molar-refractivity contribution in [3.63, 3.8) is 0 Å². The van der Waals surface area contributed by atoms with Gasteiger partial charge in [0.15, 0.2) is 0 Å². The topological polar surface area (TPSA) is 131 Å². The maximum Gasteiger partial charge on any atom is 0.243 e. The zero-order valence-electron chi connectivity index (χ0n) is 19.0. The van der Waals surface area contributed by atoms with E-state index in [1.807, 2.05) is 13.0 Å². The Labute approximate surface area is 199 Å². The number of rotatable bonds is 6. The van der Waals surface area contributed by atoms with E-state index in [1.165, 1.54) is 10.6 Å². The predicted molar refractivity (Wildman–Crippen MR) is 122 cm³/mol. The molecular formula is C23H30N4O6S. The highest BCUT2D eigenvalue weighted by atomic mass is 32.2. The zero-order valence-corrected chi connectivity index (χ0v) is 19.9. The highest BCUT2D eigenvalue weighted by Gasteiger charge is 2.43. The Balaban J connectivity index is 1.44. The summed E-state index contributed by atoms with van der Waals surface area (Å²) in [7, 11) is -3.86. The summed E-state index contributed by atoms with van der Waals surface area (Å²) in [6.07, 6.45) is 2.36. The molecular weight excluding hydrogens is 460 g/mol. The number of hydrogen-bond donors (Lipinski definition) is 2. The van der Waals surface area contributed by atoms with Gasteiger partial charge >= 0.3 is 0 Å². The van der Waals surface area contributed by atoms with Crippen molar-refractivity contribution in [3.05, 3.63) is 54.1 Å². The molecule has 4 rings (SSSR count). The number of β-amino-alcohol motifs (C(OH)–C–C–N with tert-alkyl or cyclic N) is 1. The third-order valence-electron chi connectivity index (χ3n) is 6.05. The van der Waals surface area contributed by atoms with E-state index >= 15 is 0 Å². The smallest absolute Gasteiger partial charge is 0.243 e. The maximum absolute atomic E-state index is 13.5. The van der Waals surface area contributed by atoms with Gasteiger partial charge in [0.25, 0.3) is 0 Å². The molecule has 34 heavy (non-hydrogen) atoms. The summed E-state index contributed by atoms with van der Waals surface area (Å²) in [4.78, 5) is 20.6. The fraction of sp³-hybridized carbons (Fsp3) is 0.522.